The van der Waals surface area contributed by atoms with Gasteiger partial charge in [-0.15, -0.1) is 0 Å². The lowest BCUT2D eigenvalue weighted by atomic mass is 10.2. The van der Waals surface area contributed by atoms with Crippen LogP contribution in [0.15, 0.2) is 0 Å². The molecule has 0 aliphatic rings. The van der Waals surface area contributed by atoms with Crippen LogP contribution >= 0.6 is 11.5 Å². The van der Waals surface area contributed by atoms with E-state index in [4.69, 9.17) is 10.5 Å². The molecule has 0 bridgehead atoms. The Morgan fingerprint density at radius 1 is 1.25 bits per heavy atom. The van der Waals surface area contributed by atoms with E-state index in [-0.39, 0.29) is 11.8 Å². The van der Waals surface area contributed by atoms with Gasteiger partial charge in [-0.3, -0.25) is 0 Å². The van der Waals surface area contributed by atoms with E-state index >= 15 is 0 Å². The van der Waals surface area contributed by atoms with E-state index in [0.29, 0.717) is 12.2 Å². The van der Waals surface area contributed by atoms with Crippen LogP contribution in [0.1, 0.15) is 56.8 Å². The van der Waals surface area contributed by atoms with Gasteiger partial charge in [-0.2, -0.15) is 4.37 Å². The molecule has 0 amide bonds. The van der Waals surface area contributed by atoms with Crippen LogP contribution in [-0.2, 0) is 4.74 Å². The smallest absolute Gasteiger partial charge is 0.345 e. The predicted octanol–water partition coefficient (Wildman–Crippen LogP) is 3.31. The molecule has 6 heteroatoms. The molecule has 0 aromatic carbocycles. The maximum Gasteiger partial charge on any atom is 0.345 e. The van der Waals surface area contributed by atoms with Crippen LogP contribution < -0.4 is 10.6 Å². The summed E-state index contributed by atoms with van der Waals surface area (Å²) < 4.78 is 9.22. The minimum Gasteiger partial charge on any atom is -0.462 e. The fourth-order valence-electron chi connectivity index (χ4n) is 1.92. The lowest BCUT2D eigenvalue weighted by Gasteiger charge is -2.23. The Hall–Kier alpha value is -1.30. The van der Waals surface area contributed by atoms with E-state index in [1.165, 1.54) is 11.5 Å². The van der Waals surface area contributed by atoms with Gasteiger partial charge in [-0.25, -0.2) is 4.79 Å². The van der Waals surface area contributed by atoms with Gasteiger partial charge in [0.25, 0.3) is 0 Å². The van der Waals surface area contributed by atoms with E-state index in [0.717, 1.165) is 43.8 Å². The third-order valence-electron chi connectivity index (χ3n) is 3.03. The number of esters is 1. The lowest BCUT2D eigenvalue weighted by molar-refractivity contribution is 0.0528. The van der Waals surface area contributed by atoms with Gasteiger partial charge in [0.1, 0.15) is 10.6 Å². The van der Waals surface area contributed by atoms with E-state index in [9.17, 15) is 4.79 Å². The fraction of sp³-hybridized carbons (Fsp3) is 0.714. The number of ether oxygens (including phenoxy) is 1. The first-order valence-electron chi connectivity index (χ1n) is 7.32. The number of carbonyl (C=O) groups is 1. The number of rotatable bonds is 9. The molecular formula is C14H25N3O2S. The molecule has 0 aliphatic heterocycles. The summed E-state index contributed by atoms with van der Waals surface area (Å²) in [7, 11) is 0. The summed E-state index contributed by atoms with van der Waals surface area (Å²) >= 11 is 1.29. The number of hydrogen-bond acceptors (Lipinski definition) is 6. The Labute approximate surface area is 125 Å². The standard InChI is InChI=1S/C14H25N3O2S/c1-4-7-9-17(10-8-5-2)13-11(12(15)16-20-13)14(18)19-6-3/h4-10H2,1-3H3,(H2,15,16). The second kappa shape index (κ2) is 8.79. The molecule has 1 aromatic rings. The van der Waals surface area contributed by atoms with Crippen molar-refractivity contribution in [1.29, 1.82) is 0 Å². The van der Waals surface area contributed by atoms with Crippen molar-refractivity contribution in [2.75, 3.05) is 30.3 Å². The average molecular weight is 299 g/mol. The molecule has 1 heterocycles. The van der Waals surface area contributed by atoms with Crippen LogP contribution in [0.5, 0.6) is 0 Å². The number of nitrogen functional groups attached to an aromatic ring is 1. The number of nitrogens with zero attached hydrogens (tertiary/aromatic N) is 2. The first-order valence-corrected chi connectivity index (χ1v) is 8.10. The Kier molecular flexibility index (Phi) is 7.36. The van der Waals surface area contributed by atoms with Crippen LogP contribution in [0.4, 0.5) is 10.8 Å². The number of anilines is 2. The van der Waals surface area contributed by atoms with Gasteiger partial charge >= 0.3 is 5.97 Å². The monoisotopic (exact) mass is 299 g/mol. The van der Waals surface area contributed by atoms with Gasteiger partial charge in [0.05, 0.1) is 6.61 Å². The summed E-state index contributed by atoms with van der Waals surface area (Å²) in [5.74, 6) is -0.0896. The summed E-state index contributed by atoms with van der Waals surface area (Å²) in [5.41, 5.74) is 6.27. The van der Waals surface area contributed by atoms with Gasteiger partial charge in [-0.05, 0) is 31.3 Å². The van der Waals surface area contributed by atoms with E-state index < -0.39 is 0 Å². The molecule has 2 N–H and O–H groups in total. The van der Waals surface area contributed by atoms with Crippen LogP contribution in [0.2, 0.25) is 0 Å². The minimum absolute atomic E-state index is 0.279. The predicted molar refractivity (Wildman–Crippen MR) is 84.5 cm³/mol. The van der Waals surface area contributed by atoms with Gasteiger partial charge in [-0.1, -0.05) is 26.7 Å². The molecule has 20 heavy (non-hydrogen) atoms. The summed E-state index contributed by atoms with van der Waals surface area (Å²) in [6.07, 6.45) is 4.41. The zero-order valence-electron chi connectivity index (χ0n) is 12.6. The fourth-order valence-corrected chi connectivity index (χ4v) is 2.77. The quantitative estimate of drug-likeness (QED) is 0.708. The summed E-state index contributed by atoms with van der Waals surface area (Å²) in [6, 6.07) is 0. The molecule has 1 aromatic heterocycles. The van der Waals surface area contributed by atoms with E-state index in [1.807, 2.05) is 0 Å². The van der Waals surface area contributed by atoms with Gasteiger partial charge in [0.15, 0.2) is 5.82 Å². The molecule has 0 aliphatic carbocycles. The lowest BCUT2D eigenvalue weighted by Crippen LogP contribution is -2.26. The second-order valence-corrected chi connectivity index (χ2v) is 5.41. The van der Waals surface area contributed by atoms with Crippen LogP contribution in [0.3, 0.4) is 0 Å². The highest BCUT2D eigenvalue weighted by Gasteiger charge is 2.24. The molecule has 0 spiro atoms. The Bertz CT molecular complexity index is 413. The average Bonchev–Trinajstić information content (AvgIpc) is 2.81. The molecular weight excluding hydrogens is 274 g/mol. The Balaban J connectivity index is 2.96. The maximum absolute atomic E-state index is 12.0. The molecule has 0 atom stereocenters. The normalized spacial score (nSPS) is 10.6. The minimum atomic E-state index is -0.369. The van der Waals surface area contributed by atoms with Gasteiger partial charge < -0.3 is 15.4 Å². The molecule has 114 valence electrons. The number of unbranched alkanes of at least 4 members (excludes halogenated alkanes) is 2. The zero-order valence-corrected chi connectivity index (χ0v) is 13.5. The third-order valence-corrected chi connectivity index (χ3v) is 3.95. The molecule has 0 unspecified atom stereocenters. The zero-order chi connectivity index (χ0) is 15.0. The highest BCUT2D eigenvalue weighted by atomic mass is 32.1. The Morgan fingerprint density at radius 2 is 1.85 bits per heavy atom. The van der Waals surface area contributed by atoms with Crippen molar-refractivity contribution in [3.63, 3.8) is 0 Å². The van der Waals surface area contributed by atoms with Crippen molar-refractivity contribution in [2.45, 2.75) is 46.5 Å². The SMILES string of the molecule is CCCCN(CCCC)c1snc(N)c1C(=O)OCC. The first kappa shape index (κ1) is 16.8. The number of nitrogens with two attached hydrogens (primary N) is 1. The number of aromatic nitrogens is 1. The molecule has 0 saturated heterocycles. The van der Waals surface area contributed by atoms with Crippen molar-refractivity contribution < 1.29 is 9.53 Å². The Morgan fingerprint density at radius 3 is 2.35 bits per heavy atom. The van der Waals surface area contributed by atoms with E-state index in [1.54, 1.807) is 6.92 Å². The maximum atomic E-state index is 12.0. The van der Waals surface area contributed by atoms with Gasteiger partial charge in [0.2, 0.25) is 0 Å². The molecule has 1 rings (SSSR count). The highest BCUT2D eigenvalue weighted by Crippen LogP contribution is 2.31. The first-order chi connectivity index (χ1) is 9.65. The number of hydrogen-bond donors (Lipinski definition) is 1. The van der Waals surface area contributed by atoms with Crippen LogP contribution in [-0.4, -0.2) is 30.0 Å². The third kappa shape index (κ3) is 4.37. The van der Waals surface area contributed by atoms with Crippen molar-refractivity contribution >= 4 is 28.3 Å². The molecule has 0 saturated carbocycles. The largest absolute Gasteiger partial charge is 0.462 e. The van der Waals surface area contributed by atoms with Crippen LogP contribution in [0, 0.1) is 0 Å². The second-order valence-electron chi connectivity index (χ2n) is 4.66. The summed E-state index contributed by atoms with van der Waals surface area (Å²) in [4.78, 5) is 14.3. The van der Waals surface area contributed by atoms with E-state index in [2.05, 4.69) is 23.1 Å². The molecule has 0 radical (unpaired) electrons. The summed E-state index contributed by atoms with van der Waals surface area (Å²) in [6.45, 7) is 8.29. The molecule has 5 nitrogen and oxygen atoms in total. The van der Waals surface area contributed by atoms with Crippen molar-refractivity contribution in [3.8, 4) is 0 Å². The van der Waals surface area contributed by atoms with Crippen molar-refractivity contribution in [3.05, 3.63) is 5.56 Å². The van der Waals surface area contributed by atoms with Crippen molar-refractivity contribution in [2.24, 2.45) is 0 Å². The van der Waals surface area contributed by atoms with Gasteiger partial charge in [0, 0.05) is 13.1 Å². The summed E-state index contributed by atoms with van der Waals surface area (Å²) in [5, 5.41) is 0.850. The highest BCUT2D eigenvalue weighted by molar-refractivity contribution is 7.11. The topological polar surface area (TPSA) is 68.5 Å². The van der Waals surface area contributed by atoms with Crippen LogP contribution in [0.25, 0.3) is 0 Å². The number of carbonyl (C=O) groups excluding carboxylic acids is 1. The molecule has 0 fully saturated rings. The van der Waals surface area contributed by atoms with Crippen molar-refractivity contribution in [1.82, 2.24) is 4.37 Å².